The SMILES string of the molecule is COc1ccc(O)c(C(C)(Cl)Cl)c1. The molecule has 0 bridgehead atoms. The number of phenols is 1. The lowest BCUT2D eigenvalue weighted by atomic mass is 10.1. The number of benzene rings is 1. The minimum absolute atomic E-state index is 0.0632. The lowest BCUT2D eigenvalue weighted by Gasteiger charge is -2.16. The van der Waals surface area contributed by atoms with E-state index in [1.807, 2.05) is 0 Å². The molecule has 4 heteroatoms. The van der Waals surface area contributed by atoms with Gasteiger partial charge in [-0.15, -0.1) is 0 Å². The summed E-state index contributed by atoms with van der Waals surface area (Å²) in [6.45, 7) is 1.59. The van der Waals surface area contributed by atoms with Crippen LogP contribution >= 0.6 is 23.2 Å². The van der Waals surface area contributed by atoms with E-state index in [2.05, 4.69) is 0 Å². The molecule has 0 unspecified atom stereocenters. The average Bonchev–Trinajstić information content (AvgIpc) is 2.03. The van der Waals surface area contributed by atoms with Gasteiger partial charge < -0.3 is 9.84 Å². The summed E-state index contributed by atoms with van der Waals surface area (Å²) in [5.74, 6) is 0.675. The summed E-state index contributed by atoms with van der Waals surface area (Å²) < 4.78 is 3.86. The zero-order valence-electron chi connectivity index (χ0n) is 7.34. The highest BCUT2D eigenvalue weighted by Crippen LogP contribution is 2.39. The van der Waals surface area contributed by atoms with Gasteiger partial charge in [0.1, 0.15) is 15.8 Å². The van der Waals surface area contributed by atoms with Crippen molar-refractivity contribution in [2.24, 2.45) is 0 Å². The van der Waals surface area contributed by atoms with Crippen molar-refractivity contribution in [2.45, 2.75) is 11.3 Å². The molecule has 0 spiro atoms. The fourth-order valence-electron chi connectivity index (χ4n) is 0.994. The van der Waals surface area contributed by atoms with E-state index in [-0.39, 0.29) is 5.75 Å². The van der Waals surface area contributed by atoms with Crippen LogP contribution in [0.5, 0.6) is 11.5 Å². The van der Waals surface area contributed by atoms with Crippen LogP contribution in [-0.4, -0.2) is 12.2 Å². The molecule has 1 N–H and O–H groups in total. The van der Waals surface area contributed by atoms with Crippen molar-refractivity contribution in [2.75, 3.05) is 7.11 Å². The summed E-state index contributed by atoms with van der Waals surface area (Å²) in [4.78, 5) is 0. The molecule has 0 atom stereocenters. The number of hydrogen-bond acceptors (Lipinski definition) is 2. The molecule has 0 amide bonds. The van der Waals surface area contributed by atoms with Gasteiger partial charge in [-0.1, -0.05) is 23.2 Å². The molecule has 0 heterocycles. The third-order valence-electron chi connectivity index (χ3n) is 1.68. The van der Waals surface area contributed by atoms with E-state index in [0.717, 1.165) is 0 Å². The molecule has 0 saturated carbocycles. The quantitative estimate of drug-likeness (QED) is 0.777. The molecular formula is C9H10Cl2O2. The largest absolute Gasteiger partial charge is 0.508 e. The summed E-state index contributed by atoms with van der Waals surface area (Å²) in [5, 5.41) is 9.44. The van der Waals surface area contributed by atoms with E-state index >= 15 is 0 Å². The van der Waals surface area contributed by atoms with Gasteiger partial charge in [0.2, 0.25) is 0 Å². The number of hydrogen-bond donors (Lipinski definition) is 1. The van der Waals surface area contributed by atoms with Crippen LogP contribution in [0.4, 0.5) is 0 Å². The van der Waals surface area contributed by atoms with Gasteiger partial charge in [0, 0.05) is 5.56 Å². The van der Waals surface area contributed by atoms with Gasteiger partial charge in [-0.3, -0.25) is 0 Å². The number of alkyl halides is 2. The highest BCUT2D eigenvalue weighted by atomic mass is 35.5. The number of halogens is 2. The van der Waals surface area contributed by atoms with Crippen molar-refractivity contribution in [3.05, 3.63) is 23.8 Å². The third-order valence-corrected chi connectivity index (χ3v) is 2.08. The van der Waals surface area contributed by atoms with Gasteiger partial charge in [0.25, 0.3) is 0 Å². The number of ether oxygens (including phenoxy) is 1. The Morgan fingerprint density at radius 2 is 2.00 bits per heavy atom. The molecule has 13 heavy (non-hydrogen) atoms. The standard InChI is InChI=1S/C9H10Cl2O2/c1-9(10,11)7-5-6(13-2)3-4-8(7)12/h3-5,12H,1-2H3. The van der Waals surface area contributed by atoms with Crippen LogP contribution in [0.25, 0.3) is 0 Å². The van der Waals surface area contributed by atoms with Crippen molar-refractivity contribution >= 4 is 23.2 Å². The van der Waals surface area contributed by atoms with E-state index in [0.29, 0.717) is 11.3 Å². The summed E-state index contributed by atoms with van der Waals surface area (Å²) in [6.07, 6.45) is 0. The second-order valence-electron chi connectivity index (χ2n) is 2.77. The first kappa shape index (κ1) is 10.5. The first-order valence-electron chi connectivity index (χ1n) is 3.70. The first-order chi connectivity index (χ1) is 5.95. The Morgan fingerprint density at radius 1 is 1.38 bits per heavy atom. The summed E-state index contributed by atoms with van der Waals surface area (Å²) in [6, 6.07) is 4.74. The number of rotatable bonds is 2. The lowest BCUT2D eigenvalue weighted by molar-refractivity contribution is 0.410. The highest BCUT2D eigenvalue weighted by molar-refractivity contribution is 6.47. The minimum atomic E-state index is -1.11. The Kier molecular flexibility index (Phi) is 2.94. The fourth-order valence-corrected chi connectivity index (χ4v) is 1.30. The van der Waals surface area contributed by atoms with Gasteiger partial charge in [-0.25, -0.2) is 0 Å². The second-order valence-corrected chi connectivity index (χ2v) is 4.48. The topological polar surface area (TPSA) is 29.5 Å². The predicted molar refractivity (Wildman–Crippen MR) is 53.7 cm³/mol. The van der Waals surface area contributed by atoms with Crippen LogP contribution < -0.4 is 4.74 Å². The Hall–Kier alpha value is -0.600. The number of phenolic OH excluding ortho intramolecular Hbond substituents is 1. The van der Waals surface area contributed by atoms with Crippen LogP contribution in [0.15, 0.2) is 18.2 Å². The molecule has 0 aliphatic heterocycles. The van der Waals surface area contributed by atoms with E-state index in [9.17, 15) is 5.11 Å². The van der Waals surface area contributed by atoms with E-state index in [1.165, 1.54) is 13.2 Å². The van der Waals surface area contributed by atoms with E-state index in [1.54, 1.807) is 19.1 Å². The maximum atomic E-state index is 9.44. The molecule has 0 saturated heterocycles. The fraction of sp³-hybridized carbons (Fsp3) is 0.333. The van der Waals surface area contributed by atoms with Crippen molar-refractivity contribution in [3.63, 3.8) is 0 Å². The molecule has 0 radical (unpaired) electrons. The van der Waals surface area contributed by atoms with Crippen molar-refractivity contribution in [3.8, 4) is 11.5 Å². The molecule has 1 aromatic rings. The highest BCUT2D eigenvalue weighted by Gasteiger charge is 2.23. The number of aromatic hydroxyl groups is 1. The van der Waals surface area contributed by atoms with Gasteiger partial charge in [0.15, 0.2) is 0 Å². The van der Waals surface area contributed by atoms with Gasteiger partial charge in [0.05, 0.1) is 7.11 Å². The van der Waals surface area contributed by atoms with Crippen molar-refractivity contribution < 1.29 is 9.84 Å². The molecule has 0 aliphatic rings. The molecular weight excluding hydrogens is 211 g/mol. The monoisotopic (exact) mass is 220 g/mol. The van der Waals surface area contributed by atoms with E-state index < -0.39 is 4.33 Å². The van der Waals surface area contributed by atoms with E-state index in [4.69, 9.17) is 27.9 Å². The van der Waals surface area contributed by atoms with Crippen molar-refractivity contribution in [1.29, 1.82) is 0 Å². The summed E-state index contributed by atoms with van der Waals surface area (Å²) in [7, 11) is 1.54. The van der Waals surface area contributed by atoms with Crippen molar-refractivity contribution in [1.82, 2.24) is 0 Å². The molecule has 0 fully saturated rings. The third kappa shape index (κ3) is 2.42. The van der Waals surface area contributed by atoms with Crippen LogP contribution in [0.2, 0.25) is 0 Å². The predicted octanol–water partition coefficient (Wildman–Crippen LogP) is 3.05. The molecule has 1 rings (SSSR count). The zero-order chi connectivity index (χ0) is 10.1. The lowest BCUT2D eigenvalue weighted by Crippen LogP contribution is -2.04. The smallest absolute Gasteiger partial charge is 0.144 e. The number of methoxy groups -OCH3 is 1. The maximum absolute atomic E-state index is 9.44. The molecule has 2 nitrogen and oxygen atoms in total. The molecule has 72 valence electrons. The Morgan fingerprint density at radius 3 is 2.46 bits per heavy atom. The van der Waals surface area contributed by atoms with Gasteiger partial charge in [-0.2, -0.15) is 0 Å². The normalized spacial score (nSPS) is 11.4. The van der Waals surface area contributed by atoms with Gasteiger partial charge in [-0.05, 0) is 25.1 Å². The Labute approximate surface area is 87.0 Å². The average molecular weight is 221 g/mol. The Balaban J connectivity index is 3.19. The summed E-state index contributed by atoms with van der Waals surface area (Å²) in [5.41, 5.74) is 0.440. The van der Waals surface area contributed by atoms with Crippen LogP contribution in [-0.2, 0) is 4.33 Å². The van der Waals surface area contributed by atoms with Crippen LogP contribution in [0.1, 0.15) is 12.5 Å². The zero-order valence-corrected chi connectivity index (χ0v) is 8.86. The molecule has 0 aromatic heterocycles. The minimum Gasteiger partial charge on any atom is -0.508 e. The second kappa shape index (κ2) is 3.64. The molecule has 0 aliphatic carbocycles. The summed E-state index contributed by atoms with van der Waals surface area (Å²) >= 11 is 11.7. The Bertz CT molecular complexity index is 305. The van der Waals surface area contributed by atoms with Crippen LogP contribution in [0, 0.1) is 0 Å². The first-order valence-corrected chi connectivity index (χ1v) is 4.46. The molecule has 1 aromatic carbocycles. The maximum Gasteiger partial charge on any atom is 0.144 e. The van der Waals surface area contributed by atoms with Gasteiger partial charge >= 0.3 is 0 Å². The van der Waals surface area contributed by atoms with Crippen LogP contribution in [0.3, 0.4) is 0 Å².